The summed E-state index contributed by atoms with van der Waals surface area (Å²) in [6.45, 7) is 7.43. The number of aliphatic hydroxyl groups excluding tert-OH is 1. The topological polar surface area (TPSA) is 71.9 Å². The van der Waals surface area contributed by atoms with E-state index in [0.29, 0.717) is 6.54 Å². The summed E-state index contributed by atoms with van der Waals surface area (Å²) >= 11 is 0. The maximum Gasteiger partial charge on any atom is 0.122 e. The van der Waals surface area contributed by atoms with Gasteiger partial charge in [0.05, 0.1) is 24.9 Å². The highest BCUT2D eigenvalue weighted by atomic mass is 16.5. The Hall–Kier alpha value is -0.880. The maximum atomic E-state index is 9.32. The molecule has 1 aromatic heterocycles. The Labute approximate surface area is 114 Å². The van der Waals surface area contributed by atoms with Crippen molar-refractivity contribution in [3.8, 4) is 0 Å². The van der Waals surface area contributed by atoms with Crippen molar-refractivity contribution in [2.45, 2.75) is 45.1 Å². The van der Waals surface area contributed by atoms with Crippen molar-refractivity contribution in [1.82, 2.24) is 4.90 Å². The van der Waals surface area contributed by atoms with Gasteiger partial charge in [0.25, 0.3) is 0 Å². The van der Waals surface area contributed by atoms with Crippen LogP contribution in [0.25, 0.3) is 0 Å². The number of aliphatic hydroxyl groups is 1. The summed E-state index contributed by atoms with van der Waals surface area (Å²) in [4.78, 5) is 2.25. The molecular weight excluding hydrogens is 244 g/mol. The normalized spacial score (nSPS) is 28.3. The minimum Gasteiger partial charge on any atom is -0.465 e. The van der Waals surface area contributed by atoms with Crippen LogP contribution in [-0.4, -0.2) is 48.0 Å². The molecule has 1 aliphatic heterocycles. The average molecular weight is 268 g/mol. The molecule has 0 amide bonds. The molecule has 5 heteroatoms. The summed E-state index contributed by atoms with van der Waals surface area (Å²) in [5, 5.41) is 9.32. The van der Waals surface area contributed by atoms with Gasteiger partial charge in [-0.3, -0.25) is 4.90 Å². The lowest BCUT2D eigenvalue weighted by Gasteiger charge is -2.41. The van der Waals surface area contributed by atoms with Crippen LogP contribution in [0.4, 0.5) is 0 Å². The Balaban J connectivity index is 2.19. The van der Waals surface area contributed by atoms with Gasteiger partial charge in [0, 0.05) is 19.1 Å². The summed E-state index contributed by atoms with van der Waals surface area (Å²) in [6.07, 6.45) is -0.0655. The van der Waals surface area contributed by atoms with Gasteiger partial charge in [-0.25, -0.2) is 0 Å². The smallest absolute Gasteiger partial charge is 0.122 e. The number of morpholine rings is 1. The fourth-order valence-electron chi connectivity index (χ4n) is 2.79. The minimum atomic E-state index is -0.152. The van der Waals surface area contributed by atoms with Crippen LogP contribution in [0.5, 0.6) is 0 Å². The van der Waals surface area contributed by atoms with Gasteiger partial charge in [-0.05, 0) is 32.9 Å². The number of rotatable bonds is 4. The van der Waals surface area contributed by atoms with E-state index >= 15 is 0 Å². The molecule has 0 aromatic carbocycles. The van der Waals surface area contributed by atoms with E-state index in [4.69, 9.17) is 14.9 Å². The molecule has 5 nitrogen and oxygen atoms in total. The van der Waals surface area contributed by atoms with E-state index in [1.54, 1.807) is 0 Å². The van der Waals surface area contributed by atoms with Crippen LogP contribution >= 0.6 is 0 Å². The maximum absolute atomic E-state index is 9.32. The van der Waals surface area contributed by atoms with Crippen LogP contribution in [-0.2, 0) is 4.74 Å². The van der Waals surface area contributed by atoms with Crippen LogP contribution in [0, 0.1) is 6.92 Å². The van der Waals surface area contributed by atoms with Gasteiger partial charge in [-0.1, -0.05) is 0 Å². The first-order valence-corrected chi connectivity index (χ1v) is 6.83. The molecule has 2 heterocycles. The van der Waals surface area contributed by atoms with Crippen LogP contribution in [0.15, 0.2) is 16.5 Å². The molecule has 1 saturated heterocycles. The van der Waals surface area contributed by atoms with Gasteiger partial charge in [0.1, 0.15) is 11.5 Å². The lowest BCUT2D eigenvalue weighted by molar-refractivity contribution is -0.109. The highest BCUT2D eigenvalue weighted by Crippen LogP contribution is 2.28. The Morgan fingerprint density at radius 1 is 1.47 bits per heavy atom. The van der Waals surface area contributed by atoms with Crippen molar-refractivity contribution in [1.29, 1.82) is 0 Å². The largest absolute Gasteiger partial charge is 0.465 e. The Kier molecular flexibility index (Phi) is 4.62. The second-order valence-corrected chi connectivity index (χ2v) is 5.46. The standard InChI is InChI=1S/C14H24N2O3/c1-9-4-5-13(19-9)14(11(3)15)16-6-10(2)18-12(7-16)8-17/h4-5,10-12,14,17H,6-8,15H2,1-3H3. The zero-order valence-electron chi connectivity index (χ0n) is 11.9. The molecule has 1 aliphatic rings. The van der Waals surface area contributed by atoms with Crippen LogP contribution in [0.2, 0.25) is 0 Å². The zero-order valence-corrected chi connectivity index (χ0v) is 11.9. The van der Waals surface area contributed by atoms with E-state index in [9.17, 15) is 5.11 Å². The number of aryl methyl sites for hydroxylation is 1. The van der Waals surface area contributed by atoms with E-state index in [-0.39, 0.29) is 30.9 Å². The molecule has 4 atom stereocenters. The lowest BCUT2D eigenvalue weighted by atomic mass is 10.0. The molecule has 0 bridgehead atoms. The van der Waals surface area contributed by atoms with Crippen molar-refractivity contribution in [3.63, 3.8) is 0 Å². The zero-order chi connectivity index (χ0) is 14.0. The number of nitrogens with two attached hydrogens (primary N) is 1. The van der Waals surface area contributed by atoms with Crippen molar-refractivity contribution in [2.75, 3.05) is 19.7 Å². The molecule has 3 N–H and O–H groups in total. The van der Waals surface area contributed by atoms with Gasteiger partial charge in [-0.2, -0.15) is 0 Å². The number of furan rings is 1. The van der Waals surface area contributed by atoms with Gasteiger partial charge in [0.15, 0.2) is 0 Å². The third-order valence-corrected chi connectivity index (χ3v) is 3.50. The molecule has 0 aliphatic carbocycles. The van der Waals surface area contributed by atoms with Gasteiger partial charge < -0.3 is 20.0 Å². The van der Waals surface area contributed by atoms with E-state index in [0.717, 1.165) is 18.1 Å². The third kappa shape index (κ3) is 3.36. The summed E-state index contributed by atoms with van der Waals surface area (Å²) in [5.41, 5.74) is 6.14. The molecule has 2 rings (SSSR count). The van der Waals surface area contributed by atoms with Gasteiger partial charge in [0.2, 0.25) is 0 Å². The van der Waals surface area contributed by atoms with Crippen LogP contribution in [0.1, 0.15) is 31.4 Å². The summed E-state index contributed by atoms with van der Waals surface area (Å²) < 4.78 is 11.4. The molecule has 19 heavy (non-hydrogen) atoms. The molecule has 0 radical (unpaired) electrons. The molecule has 1 fully saturated rings. The number of hydrogen-bond donors (Lipinski definition) is 2. The van der Waals surface area contributed by atoms with E-state index in [2.05, 4.69) is 4.90 Å². The molecular formula is C14H24N2O3. The summed E-state index contributed by atoms with van der Waals surface area (Å²) in [7, 11) is 0. The summed E-state index contributed by atoms with van der Waals surface area (Å²) in [5.74, 6) is 1.78. The average Bonchev–Trinajstić information content (AvgIpc) is 2.74. The lowest BCUT2D eigenvalue weighted by Crippen LogP contribution is -2.52. The van der Waals surface area contributed by atoms with E-state index < -0.39 is 0 Å². The molecule has 108 valence electrons. The quantitative estimate of drug-likeness (QED) is 0.854. The third-order valence-electron chi connectivity index (χ3n) is 3.50. The SMILES string of the molecule is Cc1ccc(C(C(C)N)N2CC(C)OC(CO)C2)o1. The predicted molar refractivity (Wildman–Crippen MR) is 72.8 cm³/mol. The summed E-state index contributed by atoms with van der Waals surface area (Å²) in [6, 6.07) is 3.92. The first kappa shape index (κ1) is 14.5. The monoisotopic (exact) mass is 268 g/mol. The van der Waals surface area contributed by atoms with Crippen LogP contribution < -0.4 is 5.73 Å². The second kappa shape index (κ2) is 6.05. The Morgan fingerprint density at radius 2 is 2.21 bits per heavy atom. The fourth-order valence-corrected chi connectivity index (χ4v) is 2.79. The van der Waals surface area contributed by atoms with Gasteiger partial charge in [-0.15, -0.1) is 0 Å². The predicted octanol–water partition coefficient (Wildman–Crippen LogP) is 1.06. The van der Waals surface area contributed by atoms with Gasteiger partial charge >= 0.3 is 0 Å². The molecule has 4 unspecified atom stereocenters. The molecule has 0 saturated carbocycles. The number of ether oxygens (including phenoxy) is 1. The van der Waals surface area contributed by atoms with Crippen molar-refractivity contribution in [3.05, 3.63) is 23.7 Å². The second-order valence-electron chi connectivity index (χ2n) is 5.46. The highest BCUT2D eigenvalue weighted by Gasteiger charge is 2.33. The Morgan fingerprint density at radius 3 is 2.74 bits per heavy atom. The number of hydrogen-bond acceptors (Lipinski definition) is 5. The molecule has 1 aromatic rings. The molecule has 0 spiro atoms. The Bertz CT molecular complexity index is 405. The van der Waals surface area contributed by atoms with Crippen molar-refractivity contribution in [2.24, 2.45) is 5.73 Å². The van der Waals surface area contributed by atoms with Crippen molar-refractivity contribution < 1.29 is 14.3 Å². The van der Waals surface area contributed by atoms with E-state index in [1.807, 2.05) is 32.9 Å². The first-order chi connectivity index (χ1) is 9.01. The van der Waals surface area contributed by atoms with Crippen molar-refractivity contribution >= 4 is 0 Å². The van der Waals surface area contributed by atoms with Crippen LogP contribution in [0.3, 0.4) is 0 Å². The number of nitrogens with zero attached hydrogens (tertiary/aromatic N) is 1. The first-order valence-electron chi connectivity index (χ1n) is 6.83. The fraction of sp³-hybridized carbons (Fsp3) is 0.714. The van der Waals surface area contributed by atoms with E-state index in [1.165, 1.54) is 0 Å². The highest BCUT2D eigenvalue weighted by molar-refractivity contribution is 5.12. The minimum absolute atomic E-state index is 0.0223.